The van der Waals surface area contributed by atoms with Crippen molar-refractivity contribution in [2.75, 3.05) is 13.1 Å². The molecule has 1 aliphatic rings. The number of rotatable bonds is 7. The Morgan fingerprint density at radius 2 is 1.72 bits per heavy atom. The van der Waals surface area contributed by atoms with Crippen LogP contribution in [0.25, 0.3) is 0 Å². The Labute approximate surface area is 157 Å². The molecule has 136 valence electrons. The van der Waals surface area contributed by atoms with Gasteiger partial charge in [0.05, 0.1) is 11.6 Å². The first kappa shape index (κ1) is 19.9. The molecule has 0 atom stereocenters. The lowest BCUT2D eigenvalue weighted by molar-refractivity contribution is 0.379. The summed E-state index contributed by atoms with van der Waals surface area (Å²) in [6.07, 6.45) is 4.73. The van der Waals surface area contributed by atoms with Crippen molar-refractivity contribution in [3.8, 4) is 6.07 Å². The Hall–Kier alpha value is -1.44. The lowest BCUT2D eigenvalue weighted by Gasteiger charge is -2.26. The predicted octanol–water partition coefficient (Wildman–Crippen LogP) is 5.50. The van der Waals surface area contributed by atoms with Crippen LogP contribution >= 0.6 is 12.1 Å². The molecule has 0 spiro atoms. The molecule has 1 aromatic carbocycles. The smallest absolute Gasteiger partial charge is 0.0991 e. The fourth-order valence-electron chi connectivity index (χ4n) is 3.35. The van der Waals surface area contributed by atoms with E-state index >= 15 is 0 Å². The number of benzene rings is 1. The molecule has 25 heavy (non-hydrogen) atoms. The van der Waals surface area contributed by atoms with Crippen LogP contribution < -0.4 is 4.72 Å². The van der Waals surface area contributed by atoms with Gasteiger partial charge in [0.15, 0.2) is 0 Å². The molecule has 0 radical (unpaired) electrons. The van der Waals surface area contributed by atoms with Crippen LogP contribution in [0.2, 0.25) is 0 Å². The van der Waals surface area contributed by atoms with Crippen molar-refractivity contribution in [1.82, 2.24) is 9.03 Å². The first-order valence-electron chi connectivity index (χ1n) is 9.34. The second kappa shape index (κ2) is 9.31. The van der Waals surface area contributed by atoms with E-state index in [2.05, 4.69) is 61.5 Å². The summed E-state index contributed by atoms with van der Waals surface area (Å²) in [5.41, 5.74) is 5.67. The van der Waals surface area contributed by atoms with Crippen LogP contribution in [0.15, 0.2) is 24.4 Å². The van der Waals surface area contributed by atoms with E-state index in [-0.39, 0.29) is 0 Å². The highest BCUT2D eigenvalue weighted by Gasteiger charge is 2.17. The first-order chi connectivity index (χ1) is 11.9. The van der Waals surface area contributed by atoms with Gasteiger partial charge in [-0.25, -0.2) is 4.31 Å². The summed E-state index contributed by atoms with van der Waals surface area (Å²) >= 11 is 1.69. The van der Waals surface area contributed by atoms with Gasteiger partial charge in [-0.05, 0) is 53.5 Å². The molecule has 1 N–H and O–H groups in total. The number of piperidine rings is 1. The molecule has 1 aliphatic heterocycles. The van der Waals surface area contributed by atoms with Crippen molar-refractivity contribution >= 4 is 12.1 Å². The molecule has 1 heterocycles. The van der Waals surface area contributed by atoms with Gasteiger partial charge in [0, 0.05) is 37.3 Å². The fourth-order valence-corrected chi connectivity index (χ4v) is 4.12. The molecule has 2 rings (SSSR count). The minimum Gasteiger partial charge on any atom is -0.321 e. The Morgan fingerprint density at radius 3 is 2.20 bits per heavy atom. The van der Waals surface area contributed by atoms with Gasteiger partial charge < -0.3 is 4.72 Å². The van der Waals surface area contributed by atoms with E-state index in [1.807, 2.05) is 0 Å². The predicted molar refractivity (Wildman–Crippen MR) is 108 cm³/mol. The molecule has 1 saturated heterocycles. The average molecular weight is 358 g/mol. The van der Waals surface area contributed by atoms with Crippen molar-refractivity contribution in [2.45, 2.75) is 65.2 Å². The molecule has 0 unspecified atom stereocenters. The zero-order chi connectivity index (χ0) is 18.4. The summed E-state index contributed by atoms with van der Waals surface area (Å²) in [4.78, 5) is 0. The summed E-state index contributed by atoms with van der Waals surface area (Å²) in [6, 6.07) is 6.42. The number of nitrogens with zero attached hydrogens (tertiary/aromatic N) is 2. The molecule has 0 aromatic heterocycles. The van der Waals surface area contributed by atoms with Gasteiger partial charge in [-0.1, -0.05) is 40.7 Å². The monoisotopic (exact) mass is 357 g/mol. The molecular weight excluding hydrogens is 326 g/mol. The minimum atomic E-state index is 0.392. The first-order valence-corrected chi connectivity index (χ1v) is 10.1. The van der Waals surface area contributed by atoms with Crippen molar-refractivity contribution < 1.29 is 0 Å². The van der Waals surface area contributed by atoms with Gasteiger partial charge in [0.25, 0.3) is 0 Å². The topological polar surface area (TPSA) is 39.1 Å². The number of hydrogen-bond acceptors (Lipinski definition) is 4. The Balaban J connectivity index is 2.15. The molecular formula is C21H31N3S. The van der Waals surface area contributed by atoms with Crippen LogP contribution in [0.5, 0.6) is 0 Å². The lowest BCUT2D eigenvalue weighted by Crippen LogP contribution is -2.27. The molecule has 3 nitrogen and oxygen atoms in total. The fraction of sp³-hybridized carbons (Fsp3) is 0.571. The van der Waals surface area contributed by atoms with Crippen LogP contribution in [0.4, 0.5) is 0 Å². The second-order valence-electron chi connectivity index (χ2n) is 7.52. The number of nitriles is 1. The van der Waals surface area contributed by atoms with Gasteiger partial charge >= 0.3 is 0 Å². The van der Waals surface area contributed by atoms with Crippen molar-refractivity contribution in [3.05, 3.63) is 46.7 Å². The van der Waals surface area contributed by atoms with E-state index in [9.17, 15) is 5.26 Å². The van der Waals surface area contributed by atoms with E-state index in [4.69, 9.17) is 0 Å². The largest absolute Gasteiger partial charge is 0.321 e. The molecule has 4 heteroatoms. The summed E-state index contributed by atoms with van der Waals surface area (Å²) in [5, 5.41) is 9.36. The lowest BCUT2D eigenvalue weighted by atomic mass is 9.85. The standard InChI is InChI=1S/C21H31N3S/c1-15(2)19-12-18(14-22)13-20(16(3)4)21(19)11-17(5)23-25-24-9-7-6-8-10-24/h12-13,15-16,23H,5-11H2,1-4H3. The van der Waals surface area contributed by atoms with Crippen LogP contribution in [0.1, 0.15) is 81.0 Å². The Bertz CT molecular complexity index is 608. The maximum absolute atomic E-state index is 9.36. The molecule has 0 saturated carbocycles. The molecule has 1 fully saturated rings. The number of allylic oxidation sites excluding steroid dienone is 1. The van der Waals surface area contributed by atoms with Gasteiger partial charge in [-0.2, -0.15) is 5.26 Å². The van der Waals surface area contributed by atoms with E-state index in [0.717, 1.165) is 30.8 Å². The van der Waals surface area contributed by atoms with E-state index in [1.54, 1.807) is 12.1 Å². The quantitative estimate of drug-likeness (QED) is 0.654. The maximum Gasteiger partial charge on any atom is 0.0991 e. The highest BCUT2D eigenvalue weighted by molar-refractivity contribution is 7.95. The minimum absolute atomic E-state index is 0.392. The van der Waals surface area contributed by atoms with Crippen LogP contribution in [-0.4, -0.2) is 17.4 Å². The normalized spacial score (nSPS) is 15.4. The molecule has 1 aromatic rings. The number of hydrogen-bond donors (Lipinski definition) is 1. The van der Waals surface area contributed by atoms with E-state index in [1.165, 1.54) is 36.0 Å². The number of nitrogens with one attached hydrogen (secondary N) is 1. The van der Waals surface area contributed by atoms with Gasteiger partial charge in [0.2, 0.25) is 0 Å². The summed E-state index contributed by atoms with van der Waals surface area (Å²) in [7, 11) is 0. The summed E-state index contributed by atoms with van der Waals surface area (Å²) in [5.74, 6) is 0.784. The SMILES string of the molecule is C=C(Cc1c(C(C)C)cc(C#N)cc1C(C)C)NSN1CCCCC1. The Kier molecular flexibility index (Phi) is 7.40. The van der Waals surface area contributed by atoms with Crippen molar-refractivity contribution in [3.63, 3.8) is 0 Å². The van der Waals surface area contributed by atoms with Gasteiger partial charge in [0.1, 0.15) is 0 Å². The zero-order valence-electron chi connectivity index (χ0n) is 16.1. The van der Waals surface area contributed by atoms with Crippen LogP contribution in [-0.2, 0) is 6.42 Å². The van der Waals surface area contributed by atoms with Crippen molar-refractivity contribution in [1.29, 1.82) is 5.26 Å². The highest BCUT2D eigenvalue weighted by Crippen LogP contribution is 2.31. The van der Waals surface area contributed by atoms with Crippen LogP contribution in [0.3, 0.4) is 0 Å². The third-order valence-electron chi connectivity index (χ3n) is 4.72. The van der Waals surface area contributed by atoms with Crippen molar-refractivity contribution in [2.24, 2.45) is 0 Å². The maximum atomic E-state index is 9.36. The highest BCUT2D eigenvalue weighted by atomic mass is 32.2. The molecule has 0 bridgehead atoms. The van der Waals surface area contributed by atoms with E-state index < -0.39 is 0 Å². The third-order valence-corrected chi connectivity index (χ3v) is 5.72. The zero-order valence-corrected chi connectivity index (χ0v) is 16.9. The Morgan fingerprint density at radius 1 is 1.16 bits per heavy atom. The summed E-state index contributed by atoms with van der Waals surface area (Å²) in [6.45, 7) is 15.3. The molecule has 0 amide bonds. The summed E-state index contributed by atoms with van der Waals surface area (Å²) < 4.78 is 5.83. The van der Waals surface area contributed by atoms with Gasteiger partial charge in [-0.3, -0.25) is 0 Å². The second-order valence-corrected chi connectivity index (χ2v) is 8.42. The van der Waals surface area contributed by atoms with Crippen LogP contribution in [0, 0.1) is 11.3 Å². The third kappa shape index (κ3) is 5.52. The molecule has 0 aliphatic carbocycles. The average Bonchev–Trinajstić information content (AvgIpc) is 2.60. The van der Waals surface area contributed by atoms with Gasteiger partial charge in [-0.15, -0.1) is 0 Å². The van der Waals surface area contributed by atoms with E-state index in [0.29, 0.717) is 11.8 Å².